The lowest BCUT2D eigenvalue weighted by Gasteiger charge is -2.31. The summed E-state index contributed by atoms with van der Waals surface area (Å²) in [5.74, 6) is 2.25. The van der Waals surface area contributed by atoms with E-state index in [-0.39, 0.29) is 12.0 Å². The lowest BCUT2D eigenvalue weighted by atomic mass is 10.2. The Kier molecular flexibility index (Phi) is 6.21. The van der Waals surface area contributed by atoms with E-state index in [0.717, 1.165) is 33.5 Å². The molecule has 0 spiro atoms. The maximum absolute atomic E-state index is 13.1. The van der Waals surface area contributed by atoms with Gasteiger partial charge in [-0.05, 0) is 55.5 Å². The lowest BCUT2D eigenvalue weighted by molar-refractivity contribution is 0.0475. The Morgan fingerprint density at radius 1 is 1.09 bits per heavy atom. The molecule has 33 heavy (non-hydrogen) atoms. The number of carbonyl (C=O) groups excluding carboxylic acids is 1. The monoisotopic (exact) mass is 459 g/mol. The zero-order chi connectivity index (χ0) is 22.6. The molecule has 0 radical (unpaired) electrons. The highest BCUT2D eigenvalue weighted by Crippen LogP contribution is 2.31. The summed E-state index contributed by atoms with van der Waals surface area (Å²) in [7, 11) is 0. The van der Waals surface area contributed by atoms with Gasteiger partial charge in [0.15, 0.2) is 17.6 Å². The van der Waals surface area contributed by atoms with Crippen LogP contribution in [0.5, 0.6) is 11.5 Å². The van der Waals surface area contributed by atoms with Crippen molar-refractivity contribution in [2.45, 2.75) is 23.7 Å². The first kappa shape index (κ1) is 21.4. The first-order valence-corrected chi connectivity index (χ1v) is 12.0. The number of ether oxygens (including phenoxy) is 2. The van der Waals surface area contributed by atoms with Gasteiger partial charge >= 0.3 is 0 Å². The van der Waals surface area contributed by atoms with E-state index in [2.05, 4.69) is 11.2 Å². The van der Waals surface area contributed by atoms with Crippen LogP contribution in [-0.4, -0.2) is 46.0 Å². The standard InChI is InChI=1S/C26H25N3O3S/c1-2-28(16-21-17-31-23-7-3-4-8-24(23)32-21)26(30)19-10-12-22(13-11-19)33-18-20-15-29-14-6-5-9-25(29)27-20/h3-15,21H,2,16-18H2,1H3. The van der Waals surface area contributed by atoms with Crippen LogP contribution in [-0.2, 0) is 5.75 Å². The number of nitrogens with zero attached hydrogens (tertiary/aromatic N) is 3. The average molecular weight is 460 g/mol. The number of rotatable bonds is 7. The summed E-state index contributed by atoms with van der Waals surface area (Å²) >= 11 is 1.71. The molecular weight excluding hydrogens is 434 g/mol. The van der Waals surface area contributed by atoms with E-state index in [0.29, 0.717) is 25.3 Å². The first-order chi connectivity index (χ1) is 16.2. The highest BCUT2D eigenvalue weighted by molar-refractivity contribution is 7.98. The topological polar surface area (TPSA) is 56.1 Å². The first-order valence-electron chi connectivity index (χ1n) is 11.0. The quantitative estimate of drug-likeness (QED) is 0.367. The normalized spacial score (nSPS) is 14.9. The Labute approximate surface area is 197 Å². The van der Waals surface area contributed by atoms with Crippen molar-refractivity contribution in [3.63, 3.8) is 0 Å². The van der Waals surface area contributed by atoms with E-state index in [1.54, 1.807) is 16.7 Å². The molecule has 1 aliphatic rings. The molecule has 0 N–H and O–H groups in total. The minimum atomic E-state index is -0.191. The number of hydrogen-bond donors (Lipinski definition) is 0. The molecule has 0 saturated heterocycles. The smallest absolute Gasteiger partial charge is 0.253 e. The van der Waals surface area contributed by atoms with Crippen LogP contribution in [0.3, 0.4) is 0 Å². The Bertz CT molecular complexity index is 1220. The fourth-order valence-corrected chi connectivity index (χ4v) is 4.63. The molecule has 5 rings (SSSR count). The van der Waals surface area contributed by atoms with Crippen LogP contribution in [0.4, 0.5) is 0 Å². The average Bonchev–Trinajstić information content (AvgIpc) is 3.29. The van der Waals surface area contributed by atoms with Crippen molar-refractivity contribution in [2.75, 3.05) is 19.7 Å². The highest BCUT2D eigenvalue weighted by Gasteiger charge is 2.25. The van der Waals surface area contributed by atoms with Crippen molar-refractivity contribution in [1.82, 2.24) is 14.3 Å². The van der Waals surface area contributed by atoms with Gasteiger partial charge in [0, 0.05) is 35.2 Å². The van der Waals surface area contributed by atoms with Crippen molar-refractivity contribution in [2.24, 2.45) is 0 Å². The number of pyridine rings is 1. The van der Waals surface area contributed by atoms with Gasteiger partial charge in [-0.3, -0.25) is 4.79 Å². The van der Waals surface area contributed by atoms with E-state index in [1.807, 2.05) is 84.3 Å². The van der Waals surface area contributed by atoms with Crippen molar-refractivity contribution >= 4 is 23.3 Å². The predicted octanol–water partition coefficient (Wildman–Crippen LogP) is 4.93. The summed E-state index contributed by atoms with van der Waals surface area (Å²) in [5, 5.41) is 0. The lowest BCUT2D eigenvalue weighted by Crippen LogP contribution is -2.43. The van der Waals surface area contributed by atoms with Gasteiger partial charge in [-0.25, -0.2) is 4.98 Å². The number of imidazole rings is 1. The number of benzene rings is 2. The third-order valence-electron chi connectivity index (χ3n) is 5.56. The van der Waals surface area contributed by atoms with E-state index in [9.17, 15) is 4.79 Å². The van der Waals surface area contributed by atoms with Gasteiger partial charge in [0.05, 0.1) is 12.2 Å². The minimum absolute atomic E-state index is 0.00291. The molecule has 4 aromatic rings. The molecule has 1 aliphatic heterocycles. The number of likely N-dealkylation sites (N-methyl/N-ethyl adjacent to an activating group) is 1. The predicted molar refractivity (Wildman–Crippen MR) is 129 cm³/mol. The molecule has 1 amide bonds. The molecule has 0 saturated carbocycles. The molecular formula is C26H25N3O3S. The van der Waals surface area contributed by atoms with Crippen molar-refractivity contribution in [3.8, 4) is 11.5 Å². The van der Waals surface area contributed by atoms with Crippen LogP contribution in [0.25, 0.3) is 5.65 Å². The third-order valence-corrected chi connectivity index (χ3v) is 6.61. The summed E-state index contributed by atoms with van der Waals surface area (Å²) in [5.41, 5.74) is 2.65. The van der Waals surface area contributed by atoms with Crippen molar-refractivity contribution in [1.29, 1.82) is 0 Å². The molecule has 0 fully saturated rings. The molecule has 1 atom stereocenters. The summed E-state index contributed by atoms with van der Waals surface area (Å²) < 4.78 is 13.9. The van der Waals surface area contributed by atoms with Gasteiger partial charge in [-0.1, -0.05) is 18.2 Å². The van der Waals surface area contributed by atoms with Crippen LogP contribution in [0.1, 0.15) is 23.0 Å². The Morgan fingerprint density at radius 2 is 1.88 bits per heavy atom. The van der Waals surface area contributed by atoms with Gasteiger partial charge in [-0.15, -0.1) is 11.8 Å². The summed E-state index contributed by atoms with van der Waals surface area (Å²) in [6.45, 7) is 3.49. The van der Waals surface area contributed by atoms with Gasteiger partial charge in [0.2, 0.25) is 0 Å². The van der Waals surface area contributed by atoms with Gasteiger partial charge in [0.1, 0.15) is 12.3 Å². The molecule has 2 aromatic carbocycles. The Balaban J connectivity index is 1.19. The second-order valence-corrected chi connectivity index (χ2v) is 8.90. The van der Waals surface area contributed by atoms with Crippen molar-refractivity contribution < 1.29 is 14.3 Å². The highest BCUT2D eigenvalue weighted by atomic mass is 32.2. The van der Waals surface area contributed by atoms with Crippen LogP contribution < -0.4 is 9.47 Å². The Hall–Kier alpha value is -3.45. The molecule has 168 valence electrons. The van der Waals surface area contributed by atoms with E-state index < -0.39 is 0 Å². The molecule has 0 bridgehead atoms. The van der Waals surface area contributed by atoms with Crippen molar-refractivity contribution in [3.05, 3.63) is 90.4 Å². The zero-order valence-electron chi connectivity index (χ0n) is 18.4. The van der Waals surface area contributed by atoms with Gasteiger partial charge in [-0.2, -0.15) is 0 Å². The van der Waals surface area contributed by atoms with E-state index in [4.69, 9.17) is 9.47 Å². The molecule has 6 nitrogen and oxygen atoms in total. The van der Waals surface area contributed by atoms with Crippen LogP contribution in [0.2, 0.25) is 0 Å². The number of aromatic nitrogens is 2. The van der Waals surface area contributed by atoms with Crippen LogP contribution >= 0.6 is 11.8 Å². The summed E-state index contributed by atoms with van der Waals surface area (Å²) in [6, 6.07) is 21.4. The maximum Gasteiger partial charge on any atom is 0.253 e. The number of carbonyl (C=O) groups is 1. The zero-order valence-corrected chi connectivity index (χ0v) is 19.2. The minimum Gasteiger partial charge on any atom is -0.486 e. The molecule has 3 heterocycles. The van der Waals surface area contributed by atoms with Gasteiger partial charge in [0.25, 0.3) is 5.91 Å². The molecule has 1 unspecified atom stereocenters. The number of fused-ring (bicyclic) bond motifs is 2. The number of amides is 1. The summed E-state index contributed by atoms with van der Waals surface area (Å²) in [6.07, 6.45) is 3.86. The van der Waals surface area contributed by atoms with Crippen LogP contribution in [0.15, 0.2) is 84.0 Å². The number of para-hydroxylation sites is 2. The fraction of sp³-hybridized carbons (Fsp3) is 0.231. The molecule has 7 heteroatoms. The third kappa shape index (κ3) is 4.83. The largest absolute Gasteiger partial charge is 0.486 e. The SMILES string of the molecule is CCN(CC1COc2ccccc2O1)C(=O)c1ccc(SCc2cn3ccccc3n2)cc1. The number of thioether (sulfide) groups is 1. The summed E-state index contributed by atoms with van der Waals surface area (Å²) in [4.78, 5) is 20.6. The molecule has 0 aliphatic carbocycles. The second-order valence-electron chi connectivity index (χ2n) is 7.85. The number of hydrogen-bond acceptors (Lipinski definition) is 5. The van der Waals surface area contributed by atoms with Gasteiger partial charge < -0.3 is 18.8 Å². The second kappa shape index (κ2) is 9.58. The van der Waals surface area contributed by atoms with Crippen LogP contribution in [0, 0.1) is 0 Å². The molecule has 2 aromatic heterocycles. The fourth-order valence-electron chi connectivity index (χ4n) is 3.84. The Morgan fingerprint density at radius 3 is 2.67 bits per heavy atom. The van der Waals surface area contributed by atoms with E-state index >= 15 is 0 Å². The van der Waals surface area contributed by atoms with E-state index in [1.165, 1.54) is 0 Å². The maximum atomic E-state index is 13.1.